The van der Waals surface area contributed by atoms with Crippen molar-refractivity contribution in [1.29, 1.82) is 0 Å². The second-order valence-electron chi connectivity index (χ2n) is 5.74. The van der Waals surface area contributed by atoms with Crippen molar-refractivity contribution in [2.75, 3.05) is 7.11 Å². The summed E-state index contributed by atoms with van der Waals surface area (Å²) in [5.41, 5.74) is 5.57. The van der Waals surface area contributed by atoms with Gasteiger partial charge in [0.15, 0.2) is 0 Å². The highest BCUT2D eigenvalue weighted by Gasteiger charge is 2.44. The van der Waals surface area contributed by atoms with E-state index in [-0.39, 0.29) is 11.5 Å². The number of aromatic nitrogens is 2. The van der Waals surface area contributed by atoms with Gasteiger partial charge in [-0.05, 0) is 32.6 Å². The second kappa shape index (κ2) is 5.21. The Morgan fingerprint density at radius 3 is 2.63 bits per heavy atom. The molecule has 1 heterocycles. The summed E-state index contributed by atoms with van der Waals surface area (Å²) >= 11 is 0. The Kier molecular flexibility index (Phi) is 3.97. The van der Waals surface area contributed by atoms with E-state index >= 15 is 0 Å². The van der Waals surface area contributed by atoms with E-state index in [1.807, 2.05) is 0 Å². The maximum absolute atomic E-state index is 6.20. The summed E-state index contributed by atoms with van der Waals surface area (Å²) in [6.07, 6.45) is 4.79. The van der Waals surface area contributed by atoms with E-state index in [0.29, 0.717) is 11.7 Å². The lowest BCUT2D eigenvalue weighted by molar-refractivity contribution is -0.0306. The minimum absolute atomic E-state index is 0.0981. The second-order valence-corrected chi connectivity index (χ2v) is 5.74. The maximum atomic E-state index is 6.20. The molecule has 5 heteroatoms. The average molecular weight is 267 g/mol. The Morgan fingerprint density at radius 2 is 2.16 bits per heavy atom. The van der Waals surface area contributed by atoms with Gasteiger partial charge in [-0.25, -0.2) is 0 Å². The van der Waals surface area contributed by atoms with Crippen LogP contribution in [-0.2, 0) is 15.8 Å². The van der Waals surface area contributed by atoms with Crippen LogP contribution in [0.1, 0.15) is 64.6 Å². The molecular weight excluding hydrogens is 242 g/mol. The van der Waals surface area contributed by atoms with E-state index < -0.39 is 5.60 Å². The van der Waals surface area contributed by atoms with Gasteiger partial charge in [-0.15, -0.1) is 0 Å². The van der Waals surface area contributed by atoms with Crippen LogP contribution >= 0.6 is 0 Å². The van der Waals surface area contributed by atoms with E-state index in [4.69, 9.17) is 15.0 Å². The topological polar surface area (TPSA) is 74.2 Å². The molecule has 108 valence electrons. The number of methoxy groups -OCH3 is 1. The molecule has 5 nitrogen and oxygen atoms in total. The average Bonchev–Trinajstić information content (AvgIpc) is 3.03. The standard InChI is InChI=1S/C14H25N3O2/c1-5-14(6-2,18-4)11-16-12(19-17-11)13(3)9-7-8-10(13)15/h10H,5-9,15H2,1-4H3. The fourth-order valence-electron chi connectivity index (χ4n) is 3.05. The molecule has 0 aromatic carbocycles. The lowest BCUT2D eigenvalue weighted by Gasteiger charge is -2.26. The molecule has 1 saturated carbocycles. The highest BCUT2D eigenvalue weighted by atomic mass is 16.5. The van der Waals surface area contributed by atoms with Gasteiger partial charge in [0, 0.05) is 13.2 Å². The number of hydrogen-bond donors (Lipinski definition) is 1. The number of ether oxygens (including phenoxy) is 1. The van der Waals surface area contributed by atoms with Gasteiger partial charge in [0.1, 0.15) is 5.60 Å². The van der Waals surface area contributed by atoms with Crippen LogP contribution < -0.4 is 5.73 Å². The van der Waals surface area contributed by atoms with Crippen LogP contribution in [0.25, 0.3) is 0 Å². The van der Waals surface area contributed by atoms with Gasteiger partial charge in [0.25, 0.3) is 0 Å². The van der Waals surface area contributed by atoms with Gasteiger partial charge in [0.2, 0.25) is 11.7 Å². The van der Waals surface area contributed by atoms with Gasteiger partial charge in [-0.1, -0.05) is 25.4 Å². The third-order valence-corrected chi connectivity index (χ3v) is 4.88. The van der Waals surface area contributed by atoms with Crippen LogP contribution in [0.15, 0.2) is 4.52 Å². The molecule has 1 aromatic rings. The normalized spacial score (nSPS) is 27.9. The number of nitrogens with two attached hydrogens (primary N) is 1. The molecule has 2 N–H and O–H groups in total. The monoisotopic (exact) mass is 267 g/mol. The van der Waals surface area contributed by atoms with Crippen LogP contribution in [0.2, 0.25) is 0 Å². The molecule has 0 bridgehead atoms. The van der Waals surface area contributed by atoms with Crippen molar-refractivity contribution >= 4 is 0 Å². The zero-order chi connectivity index (χ0) is 14.1. The van der Waals surface area contributed by atoms with Crippen molar-refractivity contribution in [2.45, 2.75) is 69.9 Å². The van der Waals surface area contributed by atoms with Crippen molar-refractivity contribution in [3.8, 4) is 0 Å². The fraction of sp³-hybridized carbons (Fsp3) is 0.857. The third kappa shape index (κ3) is 2.19. The van der Waals surface area contributed by atoms with Gasteiger partial charge < -0.3 is 15.0 Å². The van der Waals surface area contributed by atoms with E-state index in [2.05, 4.69) is 30.9 Å². The summed E-state index contributed by atoms with van der Waals surface area (Å²) in [4.78, 5) is 4.62. The van der Waals surface area contributed by atoms with Crippen molar-refractivity contribution in [3.05, 3.63) is 11.7 Å². The zero-order valence-electron chi connectivity index (χ0n) is 12.4. The number of nitrogens with zero attached hydrogens (tertiary/aromatic N) is 2. The molecule has 0 saturated heterocycles. The van der Waals surface area contributed by atoms with Crippen LogP contribution in [0.4, 0.5) is 0 Å². The molecule has 1 aromatic heterocycles. The maximum Gasteiger partial charge on any atom is 0.234 e. The fourth-order valence-corrected chi connectivity index (χ4v) is 3.05. The van der Waals surface area contributed by atoms with Crippen LogP contribution in [-0.4, -0.2) is 23.3 Å². The molecule has 19 heavy (non-hydrogen) atoms. The summed E-state index contributed by atoms with van der Waals surface area (Å²) in [7, 11) is 1.70. The molecule has 2 rings (SSSR count). The van der Waals surface area contributed by atoms with Gasteiger partial charge in [0.05, 0.1) is 5.41 Å². The zero-order valence-corrected chi connectivity index (χ0v) is 12.4. The minimum atomic E-state index is -0.444. The summed E-state index contributed by atoms with van der Waals surface area (Å²) in [6.45, 7) is 6.27. The van der Waals surface area contributed by atoms with E-state index in [0.717, 1.165) is 32.1 Å². The SMILES string of the molecule is CCC(CC)(OC)c1noc(C2(C)CCCC2N)n1. The van der Waals surface area contributed by atoms with E-state index in [1.54, 1.807) is 7.11 Å². The van der Waals surface area contributed by atoms with Crippen LogP contribution in [0.3, 0.4) is 0 Å². The number of hydrogen-bond acceptors (Lipinski definition) is 5. The lowest BCUT2D eigenvalue weighted by Crippen LogP contribution is -2.38. The van der Waals surface area contributed by atoms with Crippen molar-refractivity contribution in [1.82, 2.24) is 10.1 Å². The van der Waals surface area contributed by atoms with Gasteiger partial charge >= 0.3 is 0 Å². The van der Waals surface area contributed by atoms with Crippen molar-refractivity contribution in [3.63, 3.8) is 0 Å². The minimum Gasteiger partial charge on any atom is -0.370 e. The lowest BCUT2D eigenvalue weighted by atomic mass is 9.85. The molecule has 0 aliphatic heterocycles. The quantitative estimate of drug-likeness (QED) is 0.887. The molecular formula is C14H25N3O2. The molecule has 2 atom stereocenters. The molecule has 1 aliphatic carbocycles. The predicted octanol–water partition coefficient (Wildman–Crippen LogP) is 2.50. The molecule has 1 fully saturated rings. The molecule has 0 radical (unpaired) electrons. The Balaban J connectivity index is 2.33. The van der Waals surface area contributed by atoms with Crippen LogP contribution in [0.5, 0.6) is 0 Å². The Bertz CT molecular complexity index is 403. The van der Waals surface area contributed by atoms with Gasteiger partial charge in [-0.3, -0.25) is 0 Å². The van der Waals surface area contributed by atoms with Crippen molar-refractivity contribution < 1.29 is 9.26 Å². The van der Waals surface area contributed by atoms with E-state index in [1.165, 1.54) is 0 Å². The largest absolute Gasteiger partial charge is 0.370 e. The number of rotatable bonds is 5. The van der Waals surface area contributed by atoms with Gasteiger partial charge in [-0.2, -0.15) is 4.98 Å². The smallest absolute Gasteiger partial charge is 0.234 e. The first-order valence-electron chi connectivity index (χ1n) is 7.18. The molecule has 0 spiro atoms. The highest BCUT2D eigenvalue weighted by Crippen LogP contribution is 2.40. The van der Waals surface area contributed by atoms with E-state index in [9.17, 15) is 0 Å². The third-order valence-electron chi connectivity index (χ3n) is 4.88. The molecule has 0 amide bonds. The Hall–Kier alpha value is -0.940. The summed E-state index contributed by atoms with van der Waals surface area (Å²) in [5.74, 6) is 1.31. The first-order valence-corrected chi connectivity index (χ1v) is 7.18. The van der Waals surface area contributed by atoms with Crippen LogP contribution in [0, 0.1) is 0 Å². The molecule has 2 unspecified atom stereocenters. The first-order chi connectivity index (χ1) is 9.02. The Morgan fingerprint density at radius 1 is 1.47 bits per heavy atom. The molecule has 1 aliphatic rings. The Labute approximate surface area is 114 Å². The summed E-state index contributed by atoms with van der Waals surface area (Å²) < 4.78 is 11.2. The summed E-state index contributed by atoms with van der Waals surface area (Å²) in [6, 6.07) is 0.0981. The van der Waals surface area contributed by atoms with Crippen molar-refractivity contribution in [2.24, 2.45) is 5.73 Å². The first kappa shape index (κ1) is 14.5. The predicted molar refractivity (Wildman–Crippen MR) is 72.7 cm³/mol. The highest BCUT2D eigenvalue weighted by molar-refractivity contribution is 5.13. The summed E-state index contributed by atoms with van der Waals surface area (Å²) in [5, 5.41) is 4.16.